The van der Waals surface area contributed by atoms with Gasteiger partial charge in [0.2, 0.25) is 15.9 Å². The summed E-state index contributed by atoms with van der Waals surface area (Å²) in [5.41, 5.74) is 2.04. The molecule has 1 amide bonds. The summed E-state index contributed by atoms with van der Waals surface area (Å²) in [6.45, 7) is 2.81. The highest BCUT2D eigenvalue weighted by molar-refractivity contribution is 7.89. The lowest BCUT2D eigenvalue weighted by Crippen LogP contribution is -2.46. The monoisotopic (exact) mass is 543 g/mol. The Hall–Kier alpha value is -2.72. The van der Waals surface area contributed by atoms with E-state index in [0.29, 0.717) is 35.3 Å². The molecule has 1 fully saturated rings. The van der Waals surface area contributed by atoms with Gasteiger partial charge in [0.05, 0.1) is 33.8 Å². The number of hydrogen-bond donors (Lipinski definition) is 0. The molecule has 188 valence electrons. The van der Waals surface area contributed by atoms with Crippen molar-refractivity contribution in [2.45, 2.75) is 37.6 Å². The van der Waals surface area contributed by atoms with Crippen LogP contribution in [-0.4, -0.2) is 36.7 Å². The number of hydrogen-bond acceptors (Lipinski definition) is 6. The third kappa shape index (κ3) is 5.06. The summed E-state index contributed by atoms with van der Waals surface area (Å²) in [7, 11) is -3.74. The summed E-state index contributed by atoms with van der Waals surface area (Å²) in [6, 6.07) is 15.8. The average molecular weight is 544 g/mol. The van der Waals surface area contributed by atoms with Gasteiger partial charge in [0.1, 0.15) is 5.76 Å². The highest BCUT2D eigenvalue weighted by atomic mass is 35.5. The number of carbonyl (C=O) groups excluding carboxylic acids is 1. The lowest BCUT2D eigenvalue weighted by Gasteiger charge is -2.33. The first-order chi connectivity index (χ1) is 17.3. The fourth-order valence-electron chi connectivity index (χ4n) is 4.43. The van der Waals surface area contributed by atoms with Gasteiger partial charge in [-0.3, -0.25) is 9.69 Å². The van der Waals surface area contributed by atoms with Gasteiger partial charge in [0, 0.05) is 18.1 Å². The summed E-state index contributed by atoms with van der Waals surface area (Å²) in [5.74, 6) is -0.00974. The van der Waals surface area contributed by atoms with Gasteiger partial charge >= 0.3 is 0 Å². The summed E-state index contributed by atoms with van der Waals surface area (Å²) in [5, 5.41) is 1.05. The number of fused-ring (bicyclic) bond motifs is 1. The van der Waals surface area contributed by atoms with Crippen LogP contribution < -0.4 is 4.90 Å². The second-order valence-electron chi connectivity index (χ2n) is 8.81. The van der Waals surface area contributed by atoms with E-state index in [-0.39, 0.29) is 23.9 Å². The van der Waals surface area contributed by atoms with E-state index in [0.717, 1.165) is 16.6 Å². The number of carbonyl (C=O) groups is 1. The Morgan fingerprint density at radius 3 is 2.75 bits per heavy atom. The van der Waals surface area contributed by atoms with Crippen LogP contribution in [0, 0.1) is 5.92 Å². The minimum atomic E-state index is -3.74. The molecular formula is C26H26ClN3O4S2. The second kappa shape index (κ2) is 10.3. The number of piperidine rings is 1. The minimum absolute atomic E-state index is 0.114. The number of thiazole rings is 1. The molecule has 1 atom stereocenters. The topological polar surface area (TPSA) is 83.7 Å². The highest BCUT2D eigenvalue weighted by Crippen LogP contribution is 2.33. The number of halogens is 1. The molecule has 0 spiro atoms. The first kappa shape index (κ1) is 25.0. The van der Waals surface area contributed by atoms with Crippen LogP contribution in [0.4, 0.5) is 5.13 Å². The molecule has 0 N–H and O–H groups in total. The van der Waals surface area contributed by atoms with E-state index in [4.69, 9.17) is 21.0 Å². The maximum Gasteiger partial charge on any atom is 0.243 e. The molecule has 2 aromatic carbocycles. The quantitative estimate of drug-likeness (QED) is 0.297. The third-order valence-corrected chi connectivity index (χ3v) is 9.60. The number of sulfonamides is 1. The predicted octanol–water partition coefficient (Wildman–Crippen LogP) is 5.74. The number of aromatic nitrogens is 1. The van der Waals surface area contributed by atoms with Crippen molar-refractivity contribution >= 4 is 54.2 Å². The van der Waals surface area contributed by atoms with Gasteiger partial charge in [-0.25, -0.2) is 13.4 Å². The van der Waals surface area contributed by atoms with Gasteiger partial charge in [0.15, 0.2) is 5.13 Å². The molecule has 1 saturated heterocycles. The Labute approximate surface area is 219 Å². The van der Waals surface area contributed by atoms with Crippen molar-refractivity contribution in [3.8, 4) is 0 Å². The van der Waals surface area contributed by atoms with E-state index >= 15 is 0 Å². The standard InChI is InChI=1S/C26H26ClN3O4S2/c1-2-18-7-12-23-24(15-18)35-26(28-23)30(17-21-6-4-14-34-21)25(31)19-5-3-13-29(16-19)36(32,33)22-10-8-20(27)9-11-22/h4,6-12,14-15,19H,2-3,5,13,16-17H2,1H3. The fourth-order valence-corrected chi connectivity index (χ4v) is 7.11. The number of rotatable bonds is 7. The van der Waals surface area contributed by atoms with Crippen molar-refractivity contribution < 1.29 is 17.6 Å². The molecule has 10 heteroatoms. The van der Waals surface area contributed by atoms with Gasteiger partial charge in [0.25, 0.3) is 0 Å². The molecule has 0 bridgehead atoms. The van der Waals surface area contributed by atoms with Crippen LogP contribution in [0.25, 0.3) is 10.2 Å². The van der Waals surface area contributed by atoms with Crippen LogP contribution in [0.5, 0.6) is 0 Å². The molecule has 36 heavy (non-hydrogen) atoms. The van der Waals surface area contributed by atoms with Crippen LogP contribution in [0.3, 0.4) is 0 Å². The lowest BCUT2D eigenvalue weighted by molar-refractivity contribution is -0.123. The first-order valence-electron chi connectivity index (χ1n) is 11.8. The van der Waals surface area contributed by atoms with Gasteiger partial charge in [-0.2, -0.15) is 4.31 Å². The molecule has 0 aliphatic carbocycles. The molecule has 3 heterocycles. The number of benzene rings is 2. The number of aryl methyl sites for hydroxylation is 1. The van der Waals surface area contributed by atoms with Crippen molar-refractivity contribution in [1.29, 1.82) is 0 Å². The highest BCUT2D eigenvalue weighted by Gasteiger charge is 2.36. The Balaban J connectivity index is 1.43. The number of anilines is 1. The fraction of sp³-hybridized carbons (Fsp3) is 0.308. The second-order valence-corrected chi connectivity index (χ2v) is 12.2. The zero-order valence-electron chi connectivity index (χ0n) is 19.8. The number of furan rings is 1. The van der Waals surface area contributed by atoms with E-state index in [1.807, 2.05) is 18.2 Å². The van der Waals surface area contributed by atoms with E-state index < -0.39 is 15.9 Å². The van der Waals surface area contributed by atoms with Gasteiger partial charge in [-0.15, -0.1) is 0 Å². The number of amides is 1. The van der Waals surface area contributed by atoms with Gasteiger partial charge in [-0.1, -0.05) is 35.9 Å². The maximum absolute atomic E-state index is 13.9. The third-order valence-electron chi connectivity index (χ3n) is 6.43. The zero-order chi connectivity index (χ0) is 25.3. The summed E-state index contributed by atoms with van der Waals surface area (Å²) >= 11 is 7.40. The van der Waals surface area contributed by atoms with Crippen LogP contribution in [0.15, 0.2) is 70.2 Å². The Morgan fingerprint density at radius 1 is 1.22 bits per heavy atom. The smallest absolute Gasteiger partial charge is 0.243 e. The first-order valence-corrected chi connectivity index (χ1v) is 14.5. The molecule has 0 radical (unpaired) electrons. The van der Waals surface area contributed by atoms with Crippen LogP contribution >= 0.6 is 22.9 Å². The molecule has 4 aromatic rings. The molecular weight excluding hydrogens is 518 g/mol. The van der Waals surface area contributed by atoms with Gasteiger partial charge < -0.3 is 4.42 Å². The maximum atomic E-state index is 13.9. The van der Waals surface area contributed by atoms with Crippen LogP contribution in [-0.2, 0) is 27.8 Å². The lowest BCUT2D eigenvalue weighted by atomic mass is 9.98. The molecule has 2 aromatic heterocycles. The molecule has 1 aliphatic heterocycles. The van der Waals surface area contributed by atoms with Crippen molar-refractivity contribution in [3.05, 3.63) is 77.2 Å². The predicted molar refractivity (Wildman–Crippen MR) is 142 cm³/mol. The summed E-state index contributed by atoms with van der Waals surface area (Å²) < 4.78 is 34.5. The molecule has 5 rings (SSSR count). The van der Waals surface area contributed by atoms with Crippen molar-refractivity contribution in [1.82, 2.24) is 9.29 Å². The van der Waals surface area contributed by atoms with Gasteiger partial charge in [-0.05, 0) is 73.4 Å². The summed E-state index contributed by atoms with van der Waals surface area (Å²) in [4.78, 5) is 20.4. The molecule has 1 aliphatic rings. The molecule has 1 unspecified atom stereocenters. The Kier molecular flexibility index (Phi) is 7.16. The SMILES string of the molecule is CCc1ccc2nc(N(Cc3ccco3)C(=O)C3CCCN(S(=O)(=O)c4ccc(Cl)cc4)C3)sc2c1. The largest absolute Gasteiger partial charge is 0.467 e. The van der Waals surface area contributed by atoms with Crippen molar-refractivity contribution in [2.75, 3.05) is 18.0 Å². The van der Waals surface area contributed by atoms with Crippen LogP contribution in [0.1, 0.15) is 31.1 Å². The average Bonchev–Trinajstić information content (AvgIpc) is 3.56. The van der Waals surface area contributed by atoms with Crippen LogP contribution in [0.2, 0.25) is 5.02 Å². The van der Waals surface area contributed by atoms with Crippen molar-refractivity contribution in [3.63, 3.8) is 0 Å². The normalized spacial score (nSPS) is 16.9. The van der Waals surface area contributed by atoms with E-state index in [1.165, 1.54) is 33.3 Å². The van der Waals surface area contributed by atoms with E-state index in [9.17, 15) is 13.2 Å². The molecule has 7 nitrogen and oxygen atoms in total. The van der Waals surface area contributed by atoms with E-state index in [2.05, 4.69) is 13.0 Å². The zero-order valence-corrected chi connectivity index (χ0v) is 22.2. The molecule has 0 saturated carbocycles. The number of nitrogens with zero attached hydrogens (tertiary/aromatic N) is 3. The Bertz CT molecular complexity index is 1470. The van der Waals surface area contributed by atoms with Crippen molar-refractivity contribution in [2.24, 2.45) is 5.92 Å². The summed E-state index contributed by atoms with van der Waals surface area (Å²) in [6.07, 6.45) is 3.69. The van der Waals surface area contributed by atoms with E-state index in [1.54, 1.807) is 29.4 Å². The Morgan fingerprint density at radius 2 is 2.03 bits per heavy atom. The minimum Gasteiger partial charge on any atom is -0.467 e.